The van der Waals surface area contributed by atoms with E-state index in [1.54, 1.807) is 18.3 Å². The molecule has 29 heavy (non-hydrogen) atoms. The summed E-state index contributed by atoms with van der Waals surface area (Å²) in [6.45, 7) is 0. The predicted molar refractivity (Wildman–Crippen MR) is 110 cm³/mol. The van der Waals surface area contributed by atoms with Crippen LogP contribution in [-0.2, 0) is 0 Å². The highest BCUT2D eigenvalue weighted by Gasteiger charge is 2.13. The number of hydrogen-bond acceptors (Lipinski definition) is 4. The van der Waals surface area contributed by atoms with Crippen LogP contribution in [0.2, 0.25) is 0 Å². The average Bonchev–Trinajstić information content (AvgIpc) is 3.43. The number of nitrogens with one attached hydrogen (secondary N) is 2. The molecule has 0 atom stereocenters. The molecule has 6 heteroatoms. The Bertz CT molecular complexity index is 1300. The first kappa shape index (κ1) is 16.9. The van der Waals surface area contributed by atoms with Gasteiger partial charge >= 0.3 is 0 Å². The number of fused-ring (bicyclic) bond motifs is 1. The topological polar surface area (TPSA) is 83.7 Å². The Morgan fingerprint density at radius 1 is 0.931 bits per heavy atom. The summed E-state index contributed by atoms with van der Waals surface area (Å²) in [6.07, 6.45) is 3.40. The summed E-state index contributed by atoms with van der Waals surface area (Å²) in [5.41, 5.74) is 3.67. The average molecular weight is 380 g/mol. The molecule has 5 rings (SSSR count). The zero-order valence-electron chi connectivity index (χ0n) is 15.3. The van der Waals surface area contributed by atoms with E-state index >= 15 is 0 Å². The second kappa shape index (κ2) is 7.09. The minimum atomic E-state index is -0.0965. The number of carbonyl (C=O) groups excluding carboxylic acids is 1. The van der Waals surface area contributed by atoms with Crippen LogP contribution in [0.1, 0.15) is 16.1 Å². The van der Waals surface area contributed by atoms with Gasteiger partial charge in [0.25, 0.3) is 0 Å². The molecule has 0 saturated carbocycles. The molecular formula is C23H16N4O2. The van der Waals surface area contributed by atoms with Gasteiger partial charge in [0.2, 0.25) is 11.7 Å². The summed E-state index contributed by atoms with van der Waals surface area (Å²) in [5.74, 6) is 1.65. The lowest BCUT2D eigenvalue weighted by Crippen LogP contribution is -2.01. The number of ketones is 1. The van der Waals surface area contributed by atoms with Gasteiger partial charge in [-0.1, -0.05) is 42.5 Å². The first-order valence-corrected chi connectivity index (χ1v) is 9.13. The highest BCUT2D eigenvalue weighted by molar-refractivity contribution is 6.07. The summed E-state index contributed by atoms with van der Waals surface area (Å²) in [4.78, 5) is 27.6. The van der Waals surface area contributed by atoms with Crippen molar-refractivity contribution in [2.24, 2.45) is 0 Å². The second-order valence-corrected chi connectivity index (χ2v) is 6.53. The molecule has 6 nitrogen and oxygen atoms in total. The minimum absolute atomic E-state index is 0.0965. The lowest BCUT2D eigenvalue weighted by Gasteiger charge is -2.06. The third kappa shape index (κ3) is 3.39. The van der Waals surface area contributed by atoms with E-state index in [4.69, 9.17) is 4.74 Å². The summed E-state index contributed by atoms with van der Waals surface area (Å²) >= 11 is 0. The van der Waals surface area contributed by atoms with Crippen LogP contribution in [0.4, 0.5) is 0 Å². The maximum absolute atomic E-state index is 12.6. The Kier molecular flexibility index (Phi) is 4.14. The zero-order valence-corrected chi connectivity index (χ0v) is 15.3. The molecule has 0 unspecified atom stereocenters. The number of aromatic nitrogens is 4. The fraction of sp³-hybridized carbons (Fsp3) is 0. The Labute approximate surface area is 166 Å². The van der Waals surface area contributed by atoms with E-state index in [2.05, 4.69) is 19.9 Å². The molecule has 5 aromatic rings. The fourth-order valence-corrected chi connectivity index (χ4v) is 3.13. The van der Waals surface area contributed by atoms with Gasteiger partial charge in [0.1, 0.15) is 17.3 Å². The molecule has 2 aromatic carbocycles. The summed E-state index contributed by atoms with van der Waals surface area (Å²) in [6, 6.07) is 22.3. The highest BCUT2D eigenvalue weighted by atomic mass is 16.5. The lowest BCUT2D eigenvalue weighted by molar-refractivity contribution is 0.103. The van der Waals surface area contributed by atoms with Crippen molar-refractivity contribution in [3.05, 3.63) is 96.4 Å². The number of aromatic amines is 2. The van der Waals surface area contributed by atoms with Crippen LogP contribution in [0.5, 0.6) is 11.6 Å². The van der Waals surface area contributed by atoms with E-state index in [0.29, 0.717) is 28.7 Å². The first-order chi connectivity index (χ1) is 14.3. The van der Waals surface area contributed by atoms with Crippen LogP contribution in [0.15, 0.2) is 85.2 Å². The molecule has 0 saturated heterocycles. The number of rotatable bonds is 5. The number of benzene rings is 2. The Morgan fingerprint density at radius 3 is 2.72 bits per heavy atom. The lowest BCUT2D eigenvalue weighted by atomic mass is 10.1. The summed E-state index contributed by atoms with van der Waals surface area (Å²) in [7, 11) is 0. The van der Waals surface area contributed by atoms with Crippen molar-refractivity contribution in [2.45, 2.75) is 0 Å². The van der Waals surface area contributed by atoms with Crippen molar-refractivity contribution < 1.29 is 9.53 Å². The molecule has 2 N–H and O–H groups in total. The SMILES string of the molecule is O=C(c1ccccc1)c1cnc(-c2cccc(Oc3ccc4[nH]ccc4n3)c2)[nH]1. The van der Waals surface area contributed by atoms with Gasteiger partial charge in [0, 0.05) is 23.4 Å². The Balaban J connectivity index is 1.40. The molecule has 3 aromatic heterocycles. The summed E-state index contributed by atoms with van der Waals surface area (Å²) in [5, 5.41) is 0. The highest BCUT2D eigenvalue weighted by Crippen LogP contribution is 2.26. The van der Waals surface area contributed by atoms with Crippen LogP contribution >= 0.6 is 0 Å². The van der Waals surface area contributed by atoms with Crippen LogP contribution in [0.3, 0.4) is 0 Å². The van der Waals surface area contributed by atoms with Crippen molar-refractivity contribution in [3.8, 4) is 23.0 Å². The van der Waals surface area contributed by atoms with Crippen molar-refractivity contribution in [1.82, 2.24) is 19.9 Å². The van der Waals surface area contributed by atoms with E-state index in [1.807, 2.05) is 66.9 Å². The van der Waals surface area contributed by atoms with Gasteiger partial charge in [-0.25, -0.2) is 9.97 Å². The number of pyridine rings is 1. The second-order valence-electron chi connectivity index (χ2n) is 6.53. The van der Waals surface area contributed by atoms with E-state index in [9.17, 15) is 4.79 Å². The van der Waals surface area contributed by atoms with Gasteiger partial charge in [0.15, 0.2) is 0 Å². The van der Waals surface area contributed by atoms with Gasteiger partial charge in [-0.05, 0) is 24.3 Å². The third-order valence-corrected chi connectivity index (χ3v) is 4.57. The monoisotopic (exact) mass is 380 g/mol. The molecule has 0 spiro atoms. The number of nitrogens with zero attached hydrogens (tertiary/aromatic N) is 2. The van der Waals surface area contributed by atoms with E-state index in [1.165, 1.54) is 0 Å². The van der Waals surface area contributed by atoms with Crippen molar-refractivity contribution >= 4 is 16.8 Å². The van der Waals surface area contributed by atoms with Crippen LogP contribution < -0.4 is 4.74 Å². The number of H-pyrrole nitrogens is 2. The quantitative estimate of drug-likeness (QED) is 0.421. The van der Waals surface area contributed by atoms with Crippen molar-refractivity contribution in [3.63, 3.8) is 0 Å². The number of imidazole rings is 1. The molecule has 140 valence electrons. The molecular weight excluding hydrogens is 364 g/mol. The van der Waals surface area contributed by atoms with Gasteiger partial charge < -0.3 is 14.7 Å². The normalized spacial score (nSPS) is 10.9. The fourth-order valence-electron chi connectivity index (χ4n) is 3.13. The maximum Gasteiger partial charge on any atom is 0.219 e. The molecule has 0 amide bonds. The molecule has 0 aliphatic heterocycles. The van der Waals surface area contributed by atoms with Gasteiger partial charge in [0.05, 0.1) is 17.2 Å². The number of carbonyl (C=O) groups is 1. The summed E-state index contributed by atoms with van der Waals surface area (Å²) < 4.78 is 5.91. The van der Waals surface area contributed by atoms with E-state index < -0.39 is 0 Å². The maximum atomic E-state index is 12.6. The third-order valence-electron chi connectivity index (χ3n) is 4.57. The largest absolute Gasteiger partial charge is 0.439 e. The molecule has 0 bridgehead atoms. The zero-order chi connectivity index (χ0) is 19.6. The van der Waals surface area contributed by atoms with E-state index in [0.717, 1.165) is 16.6 Å². The predicted octanol–water partition coefficient (Wildman–Crippen LogP) is 4.98. The minimum Gasteiger partial charge on any atom is -0.439 e. The molecule has 0 radical (unpaired) electrons. The van der Waals surface area contributed by atoms with E-state index in [-0.39, 0.29) is 5.78 Å². The van der Waals surface area contributed by atoms with Gasteiger partial charge in [-0.2, -0.15) is 0 Å². The van der Waals surface area contributed by atoms with Gasteiger partial charge in [-0.15, -0.1) is 0 Å². The van der Waals surface area contributed by atoms with Crippen molar-refractivity contribution in [1.29, 1.82) is 0 Å². The number of ether oxygens (including phenoxy) is 1. The molecule has 0 aliphatic rings. The number of hydrogen-bond donors (Lipinski definition) is 2. The standard InChI is InChI=1S/C23H16N4O2/c28-22(15-5-2-1-3-6-15)20-14-25-23(27-20)16-7-4-8-17(13-16)29-21-10-9-18-19(26-21)11-12-24-18/h1-14,24H,(H,25,27). The van der Waals surface area contributed by atoms with Crippen LogP contribution in [0.25, 0.3) is 22.4 Å². The molecule has 3 heterocycles. The Hall–Kier alpha value is -4.19. The van der Waals surface area contributed by atoms with Crippen LogP contribution in [-0.4, -0.2) is 25.7 Å². The van der Waals surface area contributed by atoms with Gasteiger partial charge in [-0.3, -0.25) is 4.79 Å². The molecule has 0 fully saturated rings. The van der Waals surface area contributed by atoms with Crippen molar-refractivity contribution in [2.75, 3.05) is 0 Å². The van der Waals surface area contributed by atoms with Crippen LogP contribution in [0, 0.1) is 0 Å². The molecule has 0 aliphatic carbocycles. The Morgan fingerprint density at radius 2 is 1.83 bits per heavy atom. The first-order valence-electron chi connectivity index (χ1n) is 9.13. The smallest absolute Gasteiger partial charge is 0.219 e.